The number of benzene rings is 1. The van der Waals surface area contributed by atoms with E-state index in [4.69, 9.17) is 0 Å². The molecule has 1 amide bonds. The van der Waals surface area contributed by atoms with Crippen molar-refractivity contribution in [1.29, 1.82) is 0 Å². The lowest BCUT2D eigenvalue weighted by Crippen LogP contribution is -2.24. The van der Waals surface area contributed by atoms with E-state index in [9.17, 15) is 4.79 Å². The number of aryl methyl sites for hydroxylation is 1. The van der Waals surface area contributed by atoms with Gasteiger partial charge in [0.2, 0.25) is 5.91 Å². The summed E-state index contributed by atoms with van der Waals surface area (Å²) in [5, 5.41) is 7.29. The molecule has 0 fully saturated rings. The summed E-state index contributed by atoms with van der Waals surface area (Å²) in [6.45, 7) is 7.07. The predicted octanol–water partition coefficient (Wildman–Crippen LogP) is 3.32. The molecule has 0 saturated heterocycles. The molecule has 0 bridgehead atoms. The van der Waals surface area contributed by atoms with Gasteiger partial charge in [-0.1, -0.05) is 13.8 Å². The van der Waals surface area contributed by atoms with Crippen LogP contribution >= 0.6 is 11.3 Å². The lowest BCUT2D eigenvalue weighted by atomic mass is 10.2. The highest BCUT2D eigenvalue weighted by atomic mass is 32.1. The van der Waals surface area contributed by atoms with Gasteiger partial charge in [-0.3, -0.25) is 4.79 Å². The smallest absolute Gasteiger partial charge is 0.224 e. The number of nitrogens with one attached hydrogen (secondary N) is 2. The highest BCUT2D eigenvalue weighted by molar-refractivity contribution is 7.18. The molecule has 0 spiro atoms. The molecule has 4 nitrogen and oxygen atoms in total. The van der Waals surface area contributed by atoms with Crippen LogP contribution in [0.4, 0.5) is 5.69 Å². The van der Waals surface area contributed by atoms with E-state index in [-0.39, 0.29) is 5.91 Å². The molecule has 0 aliphatic heterocycles. The molecule has 20 heavy (non-hydrogen) atoms. The first-order chi connectivity index (χ1) is 9.54. The van der Waals surface area contributed by atoms with Crippen molar-refractivity contribution in [3.8, 4) is 0 Å². The van der Waals surface area contributed by atoms with Crippen molar-refractivity contribution in [2.24, 2.45) is 0 Å². The molecule has 0 radical (unpaired) electrons. The van der Waals surface area contributed by atoms with E-state index in [2.05, 4.69) is 29.5 Å². The number of anilines is 1. The fourth-order valence-corrected chi connectivity index (χ4v) is 2.85. The van der Waals surface area contributed by atoms with Crippen molar-refractivity contribution in [2.45, 2.75) is 39.7 Å². The number of hydrogen-bond donors (Lipinski definition) is 2. The van der Waals surface area contributed by atoms with E-state index in [1.54, 1.807) is 11.3 Å². The number of carbonyl (C=O) groups excluding carboxylic acids is 1. The Hall–Kier alpha value is -1.46. The number of thiazole rings is 1. The first-order valence-corrected chi connectivity index (χ1v) is 7.76. The Morgan fingerprint density at radius 3 is 2.95 bits per heavy atom. The molecular weight excluding hydrogens is 270 g/mol. The van der Waals surface area contributed by atoms with Gasteiger partial charge in [0.05, 0.1) is 15.2 Å². The second kappa shape index (κ2) is 6.81. The zero-order valence-electron chi connectivity index (χ0n) is 12.2. The highest BCUT2D eigenvalue weighted by Crippen LogP contribution is 2.24. The van der Waals surface area contributed by atoms with Crippen molar-refractivity contribution in [3.05, 3.63) is 23.2 Å². The van der Waals surface area contributed by atoms with Gasteiger partial charge in [0, 0.05) is 18.2 Å². The van der Waals surface area contributed by atoms with Crippen LogP contribution < -0.4 is 10.6 Å². The lowest BCUT2D eigenvalue weighted by molar-refractivity contribution is -0.116. The molecule has 108 valence electrons. The minimum Gasteiger partial charge on any atom is -0.326 e. The zero-order valence-corrected chi connectivity index (χ0v) is 13.0. The van der Waals surface area contributed by atoms with Gasteiger partial charge < -0.3 is 10.6 Å². The maximum atomic E-state index is 11.8. The molecule has 0 atom stereocenters. The van der Waals surface area contributed by atoms with Crippen LogP contribution in [0.15, 0.2) is 18.2 Å². The number of fused-ring (bicyclic) bond motifs is 1. The van der Waals surface area contributed by atoms with Gasteiger partial charge in [0.15, 0.2) is 0 Å². The van der Waals surface area contributed by atoms with E-state index in [0.717, 1.165) is 33.9 Å². The monoisotopic (exact) mass is 291 g/mol. The van der Waals surface area contributed by atoms with Gasteiger partial charge in [-0.05, 0) is 38.1 Å². The van der Waals surface area contributed by atoms with Crippen LogP contribution in [0.1, 0.15) is 31.7 Å². The average Bonchev–Trinajstić information content (AvgIpc) is 2.74. The Morgan fingerprint density at radius 1 is 1.40 bits per heavy atom. The fraction of sp³-hybridized carbons (Fsp3) is 0.467. The van der Waals surface area contributed by atoms with Crippen molar-refractivity contribution in [2.75, 3.05) is 11.9 Å². The fourth-order valence-electron chi connectivity index (χ4n) is 1.98. The lowest BCUT2D eigenvalue weighted by Gasteiger charge is -2.08. The molecule has 0 unspecified atom stereocenters. The molecular formula is C15H21N3OS. The quantitative estimate of drug-likeness (QED) is 0.803. The molecule has 0 aliphatic carbocycles. The van der Waals surface area contributed by atoms with Gasteiger partial charge in [-0.15, -0.1) is 11.3 Å². The third kappa shape index (κ3) is 4.28. The Kier molecular flexibility index (Phi) is 5.09. The van der Waals surface area contributed by atoms with Gasteiger partial charge in [0.1, 0.15) is 0 Å². The number of amides is 1. The summed E-state index contributed by atoms with van der Waals surface area (Å²) in [4.78, 5) is 16.3. The zero-order chi connectivity index (χ0) is 14.5. The molecule has 0 aliphatic rings. The van der Waals surface area contributed by atoms with Crippen LogP contribution in [0.5, 0.6) is 0 Å². The number of nitrogens with zero attached hydrogens (tertiary/aromatic N) is 1. The van der Waals surface area contributed by atoms with Crippen molar-refractivity contribution < 1.29 is 4.79 Å². The first kappa shape index (κ1) is 14.9. The van der Waals surface area contributed by atoms with Crippen LogP contribution in [0.2, 0.25) is 0 Å². The maximum Gasteiger partial charge on any atom is 0.224 e. The van der Waals surface area contributed by atoms with Crippen LogP contribution in [-0.2, 0) is 4.79 Å². The molecule has 1 heterocycles. The van der Waals surface area contributed by atoms with Crippen molar-refractivity contribution in [3.63, 3.8) is 0 Å². The van der Waals surface area contributed by atoms with Crippen molar-refractivity contribution >= 4 is 33.1 Å². The van der Waals surface area contributed by atoms with E-state index in [1.807, 2.05) is 25.1 Å². The topological polar surface area (TPSA) is 54.0 Å². The van der Waals surface area contributed by atoms with Crippen LogP contribution in [-0.4, -0.2) is 23.5 Å². The minimum atomic E-state index is 0.0659. The van der Waals surface area contributed by atoms with Gasteiger partial charge >= 0.3 is 0 Å². The number of rotatable bonds is 6. The van der Waals surface area contributed by atoms with Gasteiger partial charge in [-0.2, -0.15) is 0 Å². The van der Waals surface area contributed by atoms with E-state index < -0.39 is 0 Å². The third-order valence-corrected chi connectivity index (χ3v) is 3.85. The van der Waals surface area contributed by atoms with Gasteiger partial charge in [0.25, 0.3) is 0 Å². The summed E-state index contributed by atoms with van der Waals surface area (Å²) >= 11 is 1.65. The Bertz CT molecular complexity index is 592. The summed E-state index contributed by atoms with van der Waals surface area (Å²) in [5.74, 6) is 0.0659. The molecule has 5 heteroatoms. The predicted molar refractivity (Wildman–Crippen MR) is 85.4 cm³/mol. The normalized spacial score (nSPS) is 11.2. The van der Waals surface area contributed by atoms with Gasteiger partial charge in [-0.25, -0.2) is 4.98 Å². The average molecular weight is 291 g/mol. The number of carbonyl (C=O) groups is 1. The summed E-state index contributed by atoms with van der Waals surface area (Å²) in [6, 6.07) is 6.32. The van der Waals surface area contributed by atoms with Crippen LogP contribution in [0.3, 0.4) is 0 Å². The number of hydrogen-bond acceptors (Lipinski definition) is 4. The van der Waals surface area contributed by atoms with E-state index in [1.165, 1.54) is 0 Å². The second-order valence-electron chi connectivity index (χ2n) is 5.18. The molecule has 1 aromatic heterocycles. The first-order valence-electron chi connectivity index (χ1n) is 6.95. The SMILES string of the molecule is Cc1nc2ccc(NC(=O)CCCNC(C)C)cc2s1. The summed E-state index contributed by atoms with van der Waals surface area (Å²) in [5.41, 5.74) is 1.84. The maximum absolute atomic E-state index is 11.8. The largest absolute Gasteiger partial charge is 0.326 e. The van der Waals surface area contributed by atoms with Crippen LogP contribution in [0, 0.1) is 6.92 Å². The minimum absolute atomic E-state index is 0.0659. The van der Waals surface area contributed by atoms with Crippen molar-refractivity contribution in [1.82, 2.24) is 10.3 Å². The second-order valence-corrected chi connectivity index (χ2v) is 6.41. The summed E-state index contributed by atoms with van der Waals surface area (Å²) in [6.07, 6.45) is 1.39. The molecule has 0 saturated carbocycles. The third-order valence-electron chi connectivity index (χ3n) is 2.91. The standard InChI is InChI=1S/C15H21N3OS/c1-10(2)16-8-4-5-15(19)18-12-6-7-13-14(9-12)20-11(3)17-13/h6-7,9-10,16H,4-5,8H2,1-3H3,(H,18,19). The number of aromatic nitrogens is 1. The molecule has 1 aromatic carbocycles. The Balaban J connectivity index is 1.86. The molecule has 2 aromatic rings. The summed E-state index contributed by atoms with van der Waals surface area (Å²) in [7, 11) is 0. The van der Waals surface area contributed by atoms with E-state index >= 15 is 0 Å². The Morgan fingerprint density at radius 2 is 2.20 bits per heavy atom. The molecule has 2 N–H and O–H groups in total. The van der Waals surface area contributed by atoms with Crippen LogP contribution in [0.25, 0.3) is 10.2 Å². The highest BCUT2D eigenvalue weighted by Gasteiger charge is 2.05. The Labute approximate surface area is 123 Å². The summed E-state index contributed by atoms with van der Waals surface area (Å²) < 4.78 is 1.11. The molecule has 2 rings (SSSR count). The van der Waals surface area contributed by atoms with E-state index in [0.29, 0.717) is 12.5 Å².